The number of halogens is 1. The van der Waals surface area contributed by atoms with Crippen molar-refractivity contribution >= 4 is 18.2 Å². The first kappa shape index (κ1) is 23.9. The van der Waals surface area contributed by atoms with E-state index >= 15 is 0 Å². The van der Waals surface area contributed by atoms with Gasteiger partial charge in [-0.05, 0) is 81.9 Å². The van der Waals surface area contributed by atoms with E-state index in [0.717, 1.165) is 49.1 Å². The van der Waals surface area contributed by atoms with Crippen molar-refractivity contribution < 1.29 is 13.3 Å². The van der Waals surface area contributed by atoms with E-state index in [4.69, 9.17) is 4.74 Å². The molecule has 0 amide bonds. The summed E-state index contributed by atoms with van der Waals surface area (Å²) in [5.74, 6) is 0.958. The first-order valence-electron chi connectivity index (χ1n) is 11.3. The highest BCUT2D eigenvalue weighted by Crippen LogP contribution is 2.29. The number of nitrogens with zero attached hydrogens (tertiary/aromatic N) is 3. The van der Waals surface area contributed by atoms with Crippen LogP contribution >= 0.6 is 8.44 Å². The van der Waals surface area contributed by atoms with Crippen LogP contribution in [0.15, 0.2) is 48.8 Å². The SMILES string of the molecule is CCc1cnc(-c2ccc(CCCOc3ccc4c(c3)CCN([SH](C)(=O)P)C4)cc2F)nc1. The summed E-state index contributed by atoms with van der Waals surface area (Å²) in [6.07, 6.45) is 8.52. The molecular weight excluding hydrogens is 456 g/mol. The van der Waals surface area contributed by atoms with Crippen LogP contribution in [0.2, 0.25) is 0 Å². The molecule has 0 N–H and O–H groups in total. The minimum Gasteiger partial charge on any atom is -0.494 e. The van der Waals surface area contributed by atoms with Crippen LogP contribution in [0.3, 0.4) is 0 Å². The van der Waals surface area contributed by atoms with Gasteiger partial charge in [-0.3, -0.25) is 4.21 Å². The lowest BCUT2D eigenvalue weighted by atomic mass is 10.0. The Kier molecular flexibility index (Phi) is 7.52. The number of fused-ring (bicyclic) bond motifs is 1. The van der Waals surface area contributed by atoms with Gasteiger partial charge in [-0.2, -0.15) is 0 Å². The summed E-state index contributed by atoms with van der Waals surface area (Å²) in [5.41, 5.74) is 4.85. The molecule has 1 aliphatic heterocycles. The third-order valence-electron chi connectivity index (χ3n) is 6.00. The lowest BCUT2D eigenvalue weighted by Crippen LogP contribution is -2.36. The van der Waals surface area contributed by atoms with E-state index in [0.29, 0.717) is 24.5 Å². The molecule has 0 saturated carbocycles. The molecule has 0 radical (unpaired) electrons. The van der Waals surface area contributed by atoms with Crippen LogP contribution in [0, 0.1) is 5.82 Å². The van der Waals surface area contributed by atoms with Gasteiger partial charge in [0.2, 0.25) is 0 Å². The van der Waals surface area contributed by atoms with E-state index in [1.165, 1.54) is 11.1 Å². The summed E-state index contributed by atoms with van der Waals surface area (Å²) in [6, 6.07) is 11.4. The van der Waals surface area contributed by atoms with E-state index in [2.05, 4.69) is 30.5 Å². The van der Waals surface area contributed by atoms with Gasteiger partial charge < -0.3 is 4.74 Å². The van der Waals surface area contributed by atoms with Gasteiger partial charge in [-0.15, -0.1) is 0 Å². The molecule has 0 spiro atoms. The largest absolute Gasteiger partial charge is 0.494 e. The molecule has 4 rings (SSSR count). The molecule has 0 fully saturated rings. The Bertz CT molecular complexity index is 1170. The standard InChI is InChI=1S/C25H31FN3O2PS/c1-3-18-15-27-25(28-16-18)23-9-6-19(13-24(23)26)5-4-12-31-22-8-7-21-17-29(33(2,30)32)11-10-20(21)14-22/h6-9,13-16,33H,3-5,10-12,17,32H2,1-2H3. The van der Waals surface area contributed by atoms with Crippen molar-refractivity contribution in [3.05, 3.63) is 76.9 Å². The van der Waals surface area contributed by atoms with Gasteiger partial charge in [0.15, 0.2) is 5.82 Å². The molecule has 0 bridgehead atoms. The molecule has 0 aliphatic carbocycles. The molecule has 2 heterocycles. The topological polar surface area (TPSA) is 55.3 Å². The van der Waals surface area contributed by atoms with Crippen molar-refractivity contribution in [2.45, 2.75) is 39.2 Å². The number of hydrogen-bond donors (Lipinski definition) is 1. The highest BCUT2D eigenvalue weighted by molar-refractivity contribution is 8.43. The third kappa shape index (κ3) is 6.03. The Hall–Kier alpha value is -2.21. The second-order valence-corrected chi connectivity index (χ2v) is 13.9. The van der Waals surface area contributed by atoms with Gasteiger partial charge in [0, 0.05) is 31.7 Å². The monoisotopic (exact) mass is 487 g/mol. The zero-order valence-electron chi connectivity index (χ0n) is 19.1. The second kappa shape index (κ2) is 10.4. The highest BCUT2D eigenvalue weighted by atomic mass is 32.8. The van der Waals surface area contributed by atoms with Crippen molar-refractivity contribution in [1.82, 2.24) is 14.3 Å². The van der Waals surface area contributed by atoms with E-state index < -0.39 is 9.74 Å². The van der Waals surface area contributed by atoms with Crippen molar-refractivity contribution in [3.8, 4) is 17.1 Å². The first-order chi connectivity index (χ1) is 15.8. The van der Waals surface area contributed by atoms with Crippen LogP contribution in [0.5, 0.6) is 5.75 Å². The maximum Gasteiger partial charge on any atom is 0.162 e. The average molecular weight is 488 g/mol. The van der Waals surface area contributed by atoms with Crippen LogP contribution in [-0.2, 0) is 35.5 Å². The average Bonchev–Trinajstić information content (AvgIpc) is 2.81. The van der Waals surface area contributed by atoms with E-state index in [1.807, 2.05) is 23.4 Å². The molecule has 3 aromatic rings. The molecule has 8 heteroatoms. The molecule has 0 saturated heterocycles. The highest BCUT2D eigenvalue weighted by Gasteiger charge is 2.21. The number of rotatable bonds is 8. The number of hydrogen-bond acceptors (Lipinski definition) is 4. The van der Waals surface area contributed by atoms with Crippen LogP contribution < -0.4 is 4.74 Å². The maximum absolute atomic E-state index is 14.6. The molecular formula is C25H31FN3O2PS. The van der Waals surface area contributed by atoms with E-state index in [-0.39, 0.29) is 5.82 Å². The van der Waals surface area contributed by atoms with Crippen molar-refractivity contribution in [2.75, 3.05) is 19.4 Å². The number of benzene rings is 2. The van der Waals surface area contributed by atoms with Crippen molar-refractivity contribution in [1.29, 1.82) is 0 Å². The number of thiol groups is 1. The fourth-order valence-electron chi connectivity index (χ4n) is 3.98. The van der Waals surface area contributed by atoms with Gasteiger partial charge in [-0.25, -0.2) is 18.7 Å². The Morgan fingerprint density at radius 2 is 1.91 bits per heavy atom. The minimum atomic E-state index is -2.30. The number of aromatic nitrogens is 2. The molecule has 1 unspecified atom stereocenters. The summed E-state index contributed by atoms with van der Waals surface area (Å²) in [6.45, 7) is 4.10. The summed E-state index contributed by atoms with van der Waals surface area (Å²) < 4.78 is 34.9. The van der Waals surface area contributed by atoms with Crippen molar-refractivity contribution in [3.63, 3.8) is 0 Å². The lowest BCUT2D eigenvalue weighted by molar-refractivity contribution is 0.310. The zero-order valence-corrected chi connectivity index (χ0v) is 21.2. The van der Waals surface area contributed by atoms with Gasteiger partial charge in [0.05, 0.1) is 12.2 Å². The maximum atomic E-state index is 14.6. The zero-order chi connectivity index (χ0) is 23.4. The van der Waals surface area contributed by atoms with Gasteiger partial charge in [0.1, 0.15) is 11.6 Å². The first-order valence-corrected chi connectivity index (χ1v) is 15.0. The molecule has 33 heavy (non-hydrogen) atoms. The van der Waals surface area contributed by atoms with Crippen LogP contribution in [-0.4, -0.2) is 37.9 Å². The molecule has 1 atom stereocenters. The molecule has 5 nitrogen and oxygen atoms in total. The Labute approximate surface area is 198 Å². The smallest absolute Gasteiger partial charge is 0.162 e. The predicted octanol–water partition coefficient (Wildman–Crippen LogP) is 4.57. The summed E-state index contributed by atoms with van der Waals surface area (Å²) in [5, 5.41) is 0. The van der Waals surface area contributed by atoms with E-state index in [1.54, 1.807) is 30.8 Å². The minimum absolute atomic E-state index is 0.302. The summed E-state index contributed by atoms with van der Waals surface area (Å²) in [7, 11) is 0.188. The fourth-order valence-corrected chi connectivity index (χ4v) is 5.50. The van der Waals surface area contributed by atoms with Gasteiger partial charge in [-0.1, -0.05) is 27.5 Å². The summed E-state index contributed by atoms with van der Waals surface area (Å²) in [4.78, 5) is 8.55. The molecule has 1 aromatic heterocycles. The fraction of sp³-hybridized carbons (Fsp3) is 0.360. The Morgan fingerprint density at radius 3 is 2.61 bits per heavy atom. The lowest BCUT2D eigenvalue weighted by Gasteiger charge is -2.34. The van der Waals surface area contributed by atoms with Crippen molar-refractivity contribution in [2.24, 2.45) is 0 Å². The number of ether oxygens (including phenoxy) is 1. The molecule has 176 valence electrons. The van der Waals surface area contributed by atoms with Crippen LogP contribution in [0.4, 0.5) is 4.39 Å². The second-order valence-electron chi connectivity index (χ2n) is 8.55. The Balaban J connectivity index is 1.29. The van der Waals surface area contributed by atoms with E-state index in [9.17, 15) is 8.60 Å². The van der Waals surface area contributed by atoms with Gasteiger partial charge >= 0.3 is 0 Å². The molecule has 2 aromatic carbocycles. The predicted molar refractivity (Wildman–Crippen MR) is 136 cm³/mol. The summed E-state index contributed by atoms with van der Waals surface area (Å²) >= 11 is 0. The normalized spacial score (nSPS) is 14.7. The third-order valence-corrected chi connectivity index (χ3v) is 8.44. The molecule has 1 aliphatic rings. The quantitative estimate of drug-likeness (QED) is 0.287. The Morgan fingerprint density at radius 1 is 1.12 bits per heavy atom. The van der Waals surface area contributed by atoms with Crippen LogP contribution in [0.25, 0.3) is 11.4 Å². The van der Waals surface area contributed by atoms with Crippen LogP contribution in [0.1, 0.15) is 35.6 Å². The van der Waals surface area contributed by atoms with Gasteiger partial charge in [0.25, 0.3) is 0 Å². The number of aryl methyl sites for hydroxylation is 2.